The van der Waals surface area contributed by atoms with Gasteiger partial charge in [-0.2, -0.15) is 0 Å². The van der Waals surface area contributed by atoms with Crippen molar-refractivity contribution in [3.63, 3.8) is 0 Å². The minimum absolute atomic E-state index is 0.279. The largest absolute Gasteiger partial charge is 0.367 e. The first-order valence-corrected chi connectivity index (χ1v) is 8.36. The van der Waals surface area contributed by atoms with Gasteiger partial charge in [0.15, 0.2) is 5.78 Å². The number of Topliss-reactive ketones (excluding diaryl/α,β-unsaturated/α-hetero) is 1. The summed E-state index contributed by atoms with van der Waals surface area (Å²) in [6.45, 7) is 5.02. The molecule has 0 unspecified atom stereocenters. The Hall–Kier alpha value is -0.370. The van der Waals surface area contributed by atoms with E-state index in [2.05, 4.69) is 6.92 Å². The number of hydrogen-bond acceptors (Lipinski definition) is 2. The zero-order valence-corrected chi connectivity index (χ0v) is 12.7. The minimum atomic E-state index is -0.420. The Labute approximate surface area is 118 Å². The van der Waals surface area contributed by atoms with Gasteiger partial charge in [-0.05, 0) is 38.5 Å². The third-order valence-corrected chi connectivity index (χ3v) is 5.17. The van der Waals surface area contributed by atoms with Crippen LogP contribution in [0.3, 0.4) is 0 Å². The zero-order valence-electron chi connectivity index (χ0n) is 12.7. The highest BCUT2D eigenvalue weighted by Gasteiger charge is 2.43. The van der Waals surface area contributed by atoms with Crippen LogP contribution < -0.4 is 0 Å². The zero-order chi connectivity index (χ0) is 13.7. The molecular weight excluding hydrogens is 236 g/mol. The fourth-order valence-electron chi connectivity index (χ4n) is 3.93. The first-order chi connectivity index (χ1) is 9.18. The molecule has 0 heterocycles. The van der Waals surface area contributed by atoms with Gasteiger partial charge in [0.05, 0.1) is 0 Å². The highest BCUT2D eigenvalue weighted by molar-refractivity contribution is 5.89. The summed E-state index contributed by atoms with van der Waals surface area (Å²) in [6, 6.07) is 0. The Morgan fingerprint density at radius 1 is 1.05 bits per heavy atom. The van der Waals surface area contributed by atoms with E-state index in [-0.39, 0.29) is 5.92 Å². The second-order valence-corrected chi connectivity index (χ2v) is 6.66. The topological polar surface area (TPSA) is 26.3 Å². The third kappa shape index (κ3) is 3.59. The summed E-state index contributed by atoms with van der Waals surface area (Å²) in [6.07, 6.45) is 11.4. The normalized spacial score (nSPS) is 31.7. The van der Waals surface area contributed by atoms with Crippen molar-refractivity contribution in [1.82, 2.24) is 0 Å². The average molecular weight is 266 g/mol. The molecular formula is C17H30O2. The maximum Gasteiger partial charge on any atom is 0.167 e. The van der Waals surface area contributed by atoms with Gasteiger partial charge in [-0.25, -0.2) is 0 Å². The molecule has 0 spiro atoms. The Morgan fingerprint density at radius 3 is 2.16 bits per heavy atom. The Kier molecular flexibility index (Phi) is 5.44. The molecule has 2 rings (SSSR count). The molecule has 2 saturated carbocycles. The third-order valence-electron chi connectivity index (χ3n) is 5.17. The Morgan fingerprint density at radius 2 is 1.63 bits per heavy atom. The van der Waals surface area contributed by atoms with Crippen molar-refractivity contribution in [2.24, 2.45) is 11.8 Å². The average Bonchev–Trinajstić information content (AvgIpc) is 2.66. The SMILES string of the molecule is CCOC1(C(=O)C2CCC(C)CC2)CCCCCC1. The van der Waals surface area contributed by atoms with Crippen molar-refractivity contribution in [3.05, 3.63) is 0 Å². The number of ether oxygens (including phenoxy) is 1. The fraction of sp³-hybridized carbons (Fsp3) is 0.941. The number of rotatable bonds is 4. The fourth-order valence-corrected chi connectivity index (χ4v) is 3.93. The van der Waals surface area contributed by atoms with E-state index in [0.717, 1.165) is 44.4 Å². The number of ketones is 1. The summed E-state index contributed by atoms with van der Waals surface area (Å²) in [5, 5.41) is 0. The quantitative estimate of drug-likeness (QED) is 0.700. The first kappa shape index (κ1) is 15.0. The minimum Gasteiger partial charge on any atom is -0.367 e. The van der Waals surface area contributed by atoms with Crippen LogP contribution in [0.1, 0.15) is 78.1 Å². The van der Waals surface area contributed by atoms with E-state index >= 15 is 0 Å². The molecule has 0 aliphatic heterocycles. The molecule has 19 heavy (non-hydrogen) atoms. The second-order valence-electron chi connectivity index (χ2n) is 6.66. The molecule has 0 bridgehead atoms. The van der Waals surface area contributed by atoms with E-state index in [4.69, 9.17) is 4.74 Å². The van der Waals surface area contributed by atoms with Crippen molar-refractivity contribution >= 4 is 5.78 Å². The maximum absolute atomic E-state index is 13.0. The Bertz CT molecular complexity index is 282. The van der Waals surface area contributed by atoms with Gasteiger partial charge in [0.2, 0.25) is 0 Å². The first-order valence-electron chi connectivity index (χ1n) is 8.36. The number of carbonyl (C=O) groups excluding carboxylic acids is 1. The predicted octanol–water partition coefficient (Wildman–Crippen LogP) is 4.51. The summed E-state index contributed by atoms with van der Waals surface area (Å²) in [4.78, 5) is 13.0. The highest BCUT2D eigenvalue weighted by Crippen LogP contribution is 2.38. The molecule has 2 fully saturated rings. The van der Waals surface area contributed by atoms with Crippen molar-refractivity contribution in [1.29, 1.82) is 0 Å². The molecule has 2 aliphatic carbocycles. The van der Waals surface area contributed by atoms with Gasteiger partial charge >= 0.3 is 0 Å². The summed E-state index contributed by atoms with van der Waals surface area (Å²) < 4.78 is 6.04. The van der Waals surface area contributed by atoms with Crippen LogP contribution >= 0.6 is 0 Å². The smallest absolute Gasteiger partial charge is 0.167 e. The van der Waals surface area contributed by atoms with E-state index in [1.165, 1.54) is 25.7 Å². The van der Waals surface area contributed by atoms with Gasteiger partial charge in [0, 0.05) is 12.5 Å². The standard InChI is InChI=1S/C17H30O2/c1-3-19-17(12-6-4-5-7-13-17)16(18)15-10-8-14(2)9-11-15/h14-15H,3-13H2,1-2H3. The van der Waals surface area contributed by atoms with Gasteiger partial charge in [0.1, 0.15) is 5.60 Å². The lowest BCUT2D eigenvalue weighted by atomic mass is 9.74. The number of hydrogen-bond donors (Lipinski definition) is 0. The van der Waals surface area contributed by atoms with Crippen molar-refractivity contribution < 1.29 is 9.53 Å². The van der Waals surface area contributed by atoms with Crippen molar-refractivity contribution in [2.45, 2.75) is 83.7 Å². The van der Waals surface area contributed by atoms with Gasteiger partial charge in [-0.15, -0.1) is 0 Å². The molecule has 0 saturated heterocycles. The van der Waals surface area contributed by atoms with Crippen LogP contribution in [0.2, 0.25) is 0 Å². The number of carbonyl (C=O) groups is 1. The van der Waals surface area contributed by atoms with Crippen molar-refractivity contribution in [3.8, 4) is 0 Å². The van der Waals surface area contributed by atoms with Crippen LogP contribution in [0.25, 0.3) is 0 Å². The lowest BCUT2D eigenvalue weighted by Gasteiger charge is -2.36. The highest BCUT2D eigenvalue weighted by atomic mass is 16.5. The lowest BCUT2D eigenvalue weighted by molar-refractivity contribution is -0.152. The van der Waals surface area contributed by atoms with Gasteiger partial charge < -0.3 is 4.74 Å². The lowest BCUT2D eigenvalue weighted by Crippen LogP contribution is -2.45. The van der Waals surface area contributed by atoms with E-state index in [9.17, 15) is 4.79 Å². The molecule has 0 amide bonds. The summed E-state index contributed by atoms with van der Waals surface area (Å²) in [7, 11) is 0. The molecule has 0 aromatic carbocycles. The van der Waals surface area contributed by atoms with E-state index in [1.807, 2.05) is 6.92 Å². The van der Waals surface area contributed by atoms with E-state index < -0.39 is 5.60 Å². The van der Waals surface area contributed by atoms with Crippen LogP contribution in [0, 0.1) is 11.8 Å². The van der Waals surface area contributed by atoms with Crippen LogP contribution in [-0.2, 0) is 9.53 Å². The molecule has 2 aliphatic rings. The Balaban J connectivity index is 2.06. The monoisotopic (exact) mass is 266 g/mol. The molecule has 0 aromatic rings. The van der Waals surface area contributed by atoms with E-state index in [0.29, 0.717) is 12.4 Å². The van der Waals surface area contributed by atoms with E-state index in [1.54, 1.807) is 0 Å². The van der Waals surface area contributed by atoms with Gasteiger partial charge in [-0.1, -0.05) is 45.4 Å². The predicted molar refractivity (Wildman–Crippen MR) is 78.2 cm³/mol. The molecule has 2 nitrogen and oxygen atoms in total. The second kappa shape index (κ2) is 6.88. The van der Waals surface area contributed by atoms with Crippen LogP contribution in [0.15, 0.2) is 0 Å². The molecule has 110 valence electrons. The molecule has 0 atom stereocenters. The summed E-state index contributed by atoms with van der Waals surface area (Å²) >= 11 is 0. The molecule has 2 heteroatoms. The summed E-state index contributed by atoms with van der Waals surface area (Å²) in [5.41, 5.74) is -0.420. The molecule has 0 aromatic heterocycles. The van der Waals surface area contributed by atoms with Crippen LogP contribution in [0.4, 0.5) is 0 Å². The van der Waals surface area contributed by atoms with Gasteiger partial charge in [0.25, 0.3) is 0 Å². The van der Waals surface area contributed by atoms with Gasteiger partial charge in [-0.3, -0.25) is 4.79 Å². The van der Waals surface area contributed by atoms with Crippen molar-refractivity contribution in [2.75, 3.05) is 6.61 Å². The molecule has 0 radical (unpaired) electrons. The maximum atomic E-state index is 13.0. The van der Waals surface area contributed by atoms with Crippen LogP contribution in [0.5, 0.6) is 0 Å². The molecule has 0 N–H and O–H groups in total. The summed E-state index contributed by atoms with van der Waals surface area (Å²) in [5.74, 6) is 1.53. The van der Waals surface area contributed by atoms with Crippen LogP contribution in [-0.4, -0.2) is 18.0 Å².